The number of rotatable bonds is 7. The van der Waals surface area contributed by atoms with E-state index in [1.807, 2.05) is 0 Å². The number of nitrogens with one attached hydrogen (secondary N) is 1. The van der Waals surface area contributed by atoms with Crippen LogP contribution < -0.4 is 5.32 Å². The largest absolute Gasteiger partial charge is 0.314 e. The summed E-state index contributed by atoms with van der Waals surface area (Å²) in [7, 11) is 0. The Morgan fingerprint density at radius 3 is 2.46 bits per heavy atom. The van der Waals surface area contributed by atoms with E-state index in [2.05, 4.69) is 33.0 Å². The van der Waals surface area contributed by atoms with E-state index < -0.39 is 0 Å². The van der Waals surface area contributed by atoms with Crippen molar-refractivity contribution in [3.63, 3.8) is 0 Å². The highest BCUT2D eigenvalue weighted by atomic mass is 35.5. The molecule has 0 fully saturated rings. The molecule has 0 aliphatic heterocycles. The van der Waals surface area contributed by atoms with E-state index in [1.165, 1.54) is 12.8 Å². The van der Waals surface area contributed by atoms with Gasteiger partial charge in [0.05, 0.1) is 0 Å². The fraction of sp³-hybridized carbons (Fsp3) is 1.00. The van der Waals surface area contributed by atoms with Gasteiger partial charge in [-0.1, -0.05) is 27.2 Å². The number of alkyl halides is 1. The monoisotopic (exact) mass is 205 g/mol. The highest BCUT2D eigenvalue weighted by Gasteiger charge is 2.17. The topological polar surface area (TPSA) is 12.0 Å². The second kappa shape index (κ2) is 6.67. The molecule has 2 heteroatoms. The van der Waals surface area contributed by atoms with Gasteiger partial charge in [-0.2, -0.15) is 0 Å². The number of hydrogen-bond donors (Lipinski definition) is 1. The van der Waals surface area contributed by atoms with Gasteiger partial charge in [-0.25, -0.2) is 0 Å². The third-order valence-corrected chi connectivity index (χ3v) is 2.61. The molecule has 0 rings (SSSR count). The van der Waals surface area contributed by atoms with Crippen molar-refractivity contribution in [1.82, 2.24) is 5.32 Å². The van der Waals surface area contributed by atoms with Crippen LogP contribution in [0, 0.1) is 5.41 Å². The second-order valence-corrected chi connectivity index (χ2v) is 5.05. The van der Waals surface area contributed by atoms with Gasteiger partial charge < -0.3 is 5.32 Å². The van der Waals surface area contributed by atoms with Gasteiger partial charge in [0.15, 0.2) is 0 Å². The minimum Gasteiger partial charge on any atom is -0.314 e. The van der Waals surface area contributed by atoms with Crippen LogP contribution in [-0.4, -0.2) is 18.5 Å². The average molecular weight is 206 g/mol. The zero-order valence-electron chi connectivity index (χ0n) is 9.49. The molecule has 0 radical (unpaired) electrons. The van der Waals surface area contributed by atoms with Crippen molar-refractivity contribution in [3.05, 3.63) is 0 Å². The number of hydrogen-bond acceptors (Lipinski definition) is 1. The molecule has 0 aliphatic carbocycles. The van der Waals surface area contributed by atoms with E-state index in [-0.39, 0.29) is 0 Å². The smallest absolute Gasteiger partial charge is 0.0229 e. The molecule has 1 atom stereocenters. The van der Waals surface area contributed by atoms with E-state index in [4.69, 9.17) is 11.6 Å². The zero-order valence-corrected chi connectivity index (χ0v) is 10.2. The van der Waals surface area contributed by atoms with Gasteiger partial charge >= 0.3 is 0 Å². The lowest BCUT2D eigenvalue weighted by Crippen LogP contribution is -2.35. The van der Waals surface area contributed by atoms with Crippen molar-refractivity contribution >= 4 is 11.6 Å². The van der Waals surface area contributed by atoms with Crippen molar-refractivity contribution in [2.45, 2.75) is 53.0 Å². The normalized spacial score (nSPS) is 14.5. The van der Waals surface area contributed by atoms with E-state index >= 15 is 0 Å². The Hall–Kier alpha value is 0.250. The second-order valence-electron chi connectivity index (χ2n) is 4.67. The molecule has 0 aromatic rings. The molecule has 0 aromatic carbocycles. The molecular weight excluding hydrogens is 182 g/mol. The summed E-state index contributed by atoms with van der Waals surface area (Å²) in [6.07, 6.45) is 3.60. The first-order chi connectivity index (χ1) is 6.02. The zero-order chi connectivity index (χ0) is 10.3. The van der Waals surface area contributed by atoms with Gasteiger partial charge in [0.1, 0.15) is 0 Å². The molecule has 1 unspecified atom stereocenters. The predicted molar refractivity (Wildman–Crippen MR) is 61.5 cm³/mol. The standard InChI is InChI=1S/C11H24ClN/c1-5-6-10(2)13-9-11(3,4)7-8-12/h10,13H,5-9H2,1-4H3. The Kier molecular flexibility index (Phi) is 6.79. The summed E-state index contributed by atoms with van der Waals surface area (Å²) in [5, 5.41) is 3.55. The van der Waals surface area contributed by atoms with E-state index in [0.717, 1.165) is 18.8 Å². The average Bonchev–Trinajstić information content (AvgIpc) is 2.02. The van der Waals surface area contributed by atoms with Gasteiger partial charge in [0.25, 0.3) is 0 Å². The van der Waals surface area contributed by atoms with Crippen LogP contribution in [0.1, 0.15) is 47.0 Å². The molecule has 0 saturated heterocycles. The van der Waals surface area contributed by atoms with Crippen LogP contribution >= 0.6 is 11.6 Å². The van der Waals surface area contributed by atoms with E-state index in [9.17, 15) is 0 Å². The molecule has 0 aliphatic rings. The Bertz CT molecular complexity index is 123. The molecule has 0 amide bonds. The highest BCUT2D eigenvalue weighted by Crippen LogP contribution is 2.19. The van der Waals surface area contributed by atoms with Gasteiger partial charge in [-0.3, -0.25) is 0 Å². The molecule has 0 bridgehead atoms. The van der Waals surface area contributed by atoms with E-state index in [0.29, 0.717) is 11.5 Å². The fourth-order valence-electron chi connectivity index (χ4n) is 1.33. The summed E-state index contributed by atoms with van der Waals surface area (Å²) in [5.74, 6) is 0.761. The van der Waals surface area contributed by atoms with Crippen molar-refractivity contribution < 1.29 is 0 Å². The molecule has 80 valence electrons. The van der Waals surface area contributed by atoms with Crippen LogP contribution in [0.2, 0.25) is 0 Å². The minimum atomic E-state index is 0.337. The quantitative estimate of drug-likeness (QED) is 0.629. The third-order valence-electron chi connectivity index (χ3n) is 2.42. The number of halogens is 1. The van der Waals surface area contributed by atoms with Crippen LogP contribution in [0.25, 0.3) is 0 Å². The lowest BCUT2D eigenvalue weighted by Gasteiger charge is -2.26. The summed E-state index contributed by atoms with van der Waals surface area (Å²) in [4.78, 5) is 0. The van der Waals surface area contributed by atoms with Gasteiger partial charge in [0, 0.05) is 18.5 Å². The van der Waals surface area contributed by atoms with Crippen molar-refractivity contribution in [3.8, 4) is 0 Å². The summed E-state index contributed by atoms with van der Waals surface area (Å²) < 4.78 is 0. The Labute approximate surface area is 88.2 Å². The van der Waals surface area contributed by atoms with Crippen molar-refractivity contribution in [1.29, 1.82) is 0 Å². The maximum Gasteiger partial charge on any atom is 0.0229 e. The summed E-state index contributed by atoms with van der Waals surface area (Å²) >= 11 is 5.73. The first-order valence-electron chi connectivity index (χ1n) is 5.31. The maximum absolute atomic E-state index is 5.73. The Morgan fingerprint density at radius 2 is 2.00 bits per heavy atom. The van der Waals surface area contributed by atoms with Gasteiger partial charge in [0.2, 0.25) is 0 Å². The molecular formula is C11H24ClN. The van der Waals surface area contributed by atoms with Crippen molar-refractivity contribution in [2.24, 2.45) is 5.41 Å². The van der Waals surface area contributed by atoms with E-state index in [1.54, 1.807) is 0 Å². The summed E-state index contributed by atoms with van der Waals surface area (Å²) in [5.41, 5.74) is 0.337. The predicted octanol–water partition coefficient (Wildman–Crippen LogP) is 3.42. The lowest BCUT2D eigenvalue weighted by atomic mass is 9.90. The third kappa shape index (κ3) is 7.33. The molecule has 13 heavy (non-hydrogen) atoms. The SMILES string of the molecule is CCCC(C)NCC(C)(C)CCCl. The molecule has 0 spiro atoms. The van der Waals surface area contributed by atoms with Gasteiger partial charge in [-0.15, -0.1) is 11.6 Å². The summed E-state index contributed by atoms with van der Waals surface area (Å²) in [6, 6.07) is 0.639. The summed E-state index contributed by atoms with van der Waals surface area (Å²) in [6.45, 7) is 10.1. The molecule has 0 saturated carbocycles. The van der Waals surface area contributed by atoms with Gasteiger partial charge in [-0.05, 0) is 25.2 Å². The van der Waals surface area contributed by atoms with Crippen LogP contribution in [0.15, 0.2) is 0 Å². The van der Waals surface area contributed by atoms with Crippen LogP contribution in [-0.2, 0) is 0 Å². The van der Waals surface area contributed by atoms with Crippen molar-refractivity contribution in [2.75, 3.05) is 12.4 Å². The Balaban J connectivity index is 3.60. The van der Waals surface area contributed by atoms with Crippen LogP contribution in [0.4, 0.5) is 0 Å². The molecule has 0 aromatic heterocycles. The van der Waals surface area contributed by atoms with Crippen LogP contribution in [0.5, 0.6) is 0 Å². The van der Waals surface area contributed by atoms with Crippen LogP contribution in [0.3, 0.4) is 0 Å². The molecule has 1 N–H and O–H groups in total. The molecule has 1 nitrogen and oxygen atoms in total. The maximum atomic E-state index is 5.73. The lowest BCUT2D eigenvalue weighted by molar-refractivity contribution is 0.309. The minimum absolute atomic E-state index is 0.337. The molecule has 0 heterocycles. The first kappa shape index (κ1) is 13.2. The highest BCUT2D eigenvalue weighted by molar-refractivity contribution is 6.17. The first-order valence-corrected chi connectivity index (χ1v) is 5.84. The Morgan fingerprint density at radius 1 is 1.38 bits per heavy atom. The fourth-order valence-corrected chi connectivity index (χ4v) is 1.84.